The normalized spacial score (nSPS) is 11.4. The molecule has 1 heterocycles. The quantitative estimate of drug-likeness (QED) is 0.752. The summed E-state index contributed by atoms with van der Waals surface area (Å²) in [5.41, 5.74) is -0.689. The maximum Gasteiger partial charge on any atom is 0.416 e. The summed E-state index contributed by atoms with van der Waals surface area (Å²) in [6.45, 7) is 2.95. The fourth-order valence-corrected chi connectivity index (χ4v) is 1.92. The number of thioether (sulfide) groups is 1. The van der Waals surface area contributed by atoms with Crippen LogP contribution >= 0.6 is 11.8 Å². The van der Waals surface area contributed by atoms with Gasteiger partial charge >= 0.3 is 6.18 Å². The lowest BCUT2D eigenvalue weighted by Crippen LogP contribution is -2.11. The molecule has 0 radical (unpaired) electrons. The first-order valence-corrected chi connectivity index (χ1v) is 7.42. The molecule has 0 bridgehead atoms. The van der Waals surface area contributed by atoms with Gasteiger partial charge in [0.15, 0.2) is 0 Å². The molecule has 0 saturated heterocycles. The molecule has 1 rings (SSSR count). The van der Waals surface area contributed by atoms with E-state index >= 15 is 0 Å². The van der Waals surface area contributed by atoms with Crippen molar-refractivity contribution in [1.29, 1.82) is 0 Å². The number of pyridine rings is 1. The van der Waals surface area contributed by atoms with E-state index in [-0.39, 0.29) is 11.6 Å². The molecule has 0 fully saturated rings. The first kappa shape index (κ1) is 15.9. The summed E-state index contributed by atoms with van der Waals surface area (Å²) >= 11 is 1.70. The van der Waals surface area contributed by atoms with E-state index in [0.29, 0.717) is 13.1 Å². The van der Waals surface area contributed by atoms with Gasteiger partial charge < -0.3 is 10.6 Å². The maximum absolute atomic E-state index is 12.7. The van der Waals surface area contributed by atoms with E-state index in [1.165, 1.54) is 0 Å². The third-order valence-electron chi connectivity index (χ3n) is 2.34. The van der Waals surface area contributed by atoms with Crippen LogP contribution in [0.5, 0.6) is 0 Å². The minimum absolute atomic E-state index is 0.240. The highest BCUT2D eigenvalue weighted by Crippen LogP contribution is 2.32. The summed E-state index contributed by atoms with van der Waals surface area (Å²) in [5, 5.41) is 5.73. The average Bonchev–Trinajstić information content (AvgIpc) is 2.34. The van der Waals surface area contributed by atoms with Crippen LogP contribution in [-0.4, -0.2) is 30.1 Å². The highest BCUT2D eigenvalue weighted by molar-refractivity contribution is 7.98. The minimum atomic E-state index is -4.36. The molecule has 0 aliphatic rings. The van der Waals surface area contributed by atoms with Gasteiger partial charge in [-0.2, -0.15) is 24.9 Å². The molecule has 3 nitrogen and oxygen atoms in total. The van der Waals surface area contributed by atoms with Crippen LogP contribution in [-0.2, 0) is 6.18 Å². The first-order chi connectivity index (χ1) is 8.97. The Morgan fingerprint density at radius 1 is 1.21 bits per heavy atom. The van der Waals surface area contributed by atoms with Crippen LogP contribution < -0.4 is 10.6 Å². The molecule has 0 aliphatic heterocycles. The SMILES string of the molecule is CCNc1cc(C(F)(F)F)cc(NCCCSC)n1. The lowest BCUT2D eigenvalue weighted by atomic mass is 10.2. The zero-order valence-corrected chi connectivity index (χ0v) is 11.8. The Morgan fingerprint density at radius 3 is 2.37 bits per heavy atom. The van der Waals surface area contributed by atoms with Gasteiger partial charge in [-0.05, 0) is 37.5 Å². The van der Waals surface area contributed by atoms with E-state index in [1.807, 2.05) is 13.2 Å². The summed E-state index contributed by atoms with van der Waals surface area (Å²) in [7, 11) is 0. The number of rotatable bonds is 7. The summed E-state index contributed by atoms with van der Waals surface area (Å²) < 4.78 is 38.2. The highest BCUT2D eigenvalue weighted by atomic mass is 32.2. The zero-order chi connectivity index (χ0) is 14.3. The Balaban J connectivity index is 2.81. The molecule has 0 spiro atoms. The molecule has 1 aromatic rings. The average molecular weight is 293 g/mol. The molecule has 0 aromatic carbocycles. The molecular formula is C12H18F3N3S. The number of nitrogens with one attached hydrogen (secondary N) is 2. The lowest BCUT2D eigenvalue weighted by Gasteiger charge is -2.13. The van der Waals surface area contributed by atoms with Gasteiger partial charge in [0.1, 0.15) is 11.6 Å². The Morgan fingerprint density at radius 2 is 1.84 bits per heavy atom. The van der Waals surface area contributed by atoms with Crippen molar-refractivity contribution in [1.82, 2.24) is 4.98 Å². The Bertz CT molecular complexity index is 396. The number of nitrogens with zero attached hydrogens (tertiary/aromatic N) is 1. The third kappa shape index (κ3) is 5.59. The molecule has 1 aromatic heterocycles. The Kier molecular flexibility index (Phi) is 6.27. The topological polar surface area (TPSA) is 37.0 Å². The summed E-state index contributed by atoms with van der Waals surface area (Å²) in [6, 6.07) is 2.07. The molecule has 0 saturated carbocycles. The summed E-state index contributed by atoms with van der Waals surface area (Å²) in [4.78, 5) is 4.11. The van der Waals surface area contributed by atoms with Crippen molar-refractivity contribution >= 4 is 23.4 Å². The van der Waals surface area contributed by atoms with Gasteiger partial charge in [-0.1, -0.05) is 0 Å². The standard InChI is InChI=1S/C12H18F3N3S/c1-3-16-10-7-9(12(13,14)15)8-11(18-10)17-5-4-6-19-2/h7-8H,3-6H2,1-2H3,(H2,16,17,18). The van der Waals surface area contributed by atoms with Gasteiger partial charge in [0.2, 0.25) is 0 Å². The largest absolute Gasteiger partial charge is 0.416 e. The predicted molar refractivity (Wildman–Crippen MR) is 74.9 cm³/mol. The second-order valence-electron chi connectivity index (χ2n) is 3.93. The van der Waals surface area contributed by atoms with Gasteiger partial charge in [-0.25, -0.2) is 4.98 Å². The molecule has 0 aliphatic carbocycles. The number of aromatic nitrogens is 1. The molecule has 0 amide bonds. The van der Waals surface area contributed by atoms with Crippen molar-refractivity contribution < 1.29 is 13.2 Å². The Labute approximate surface area is 115 Å². The molecule has 0 unspecified atom stereocenters. The van der Waals surface area contributed by atoms with Crippen LogP contribution in [0.4, 0.5) is 24.8 Å². The number of hydrogen-bond donors (Lipinski definition) is 2. The number of halogens is 3. The predicted octanol–water partition coefficient (Wildman–Crippen LogP) is 3.70. The van der Waals surface area contributed by atoms with E-state index in [2.05, 4.69) is 15.6 Å². The van der Waals surface area contributed by atoms with Crippen LogP contribution in [0.15, 0.2) is 12.1 Å². The van der Waals surface area contributed by atoms with Crippen LogP contribution in [0, 0.1) is 0 Å². The van der Waals surface area contributed by atoms with Crippen molar-refractivity contribution in [2.75, 3.05) is 35.7 Å². The second kappa shape index (κ2) is 7.47. The Hall–Kier alpha value is -1.11. The smallest absolute Gasteiger partial charge is 0.370 e. The fourth-order valence-electron chi connectivity index (χ4n) is 1.49. The zero-order valence-electron chi connectivity index (χ0n) is 11.0. The molecule has 108 valence electrons. The van der Waals surface area contributed by atoms with E-state index in [9.17, 15) is 13.2 Å². The summed E-state index contributed by atoms with van der Waals surface area (Å²) in [5.74, 6) is 1.46. The maximum atomic E-state index is 12.7. The molecule has 0 atom stereocenters. The third-order valence-corrected chi connectivity index (χ3v) is 3.04. The van der Waals surface area contributed by atoms with Crippen molar-refractivity contribution in [2.45, 2.75) is 19.5 Å². The molecular weight excluding hydrogens is 275 g/mol. The second-order valence-corrected chi connectivity index (χ2v) is 4.91. The van der Waals surface area contributed by atoms with E-state index in [0.717, 1.165) is 24.3 Å². The van der Waals surface area contributed by atoms with Crippen molar-refractivity contribution in [3.8, 4) is 0 Å². The molecule has 19 heavy (non-hydrogen) atoms. The summed E-state index contributed by atoms with van der Waals surface area (Å²) in [6.07, 6.45) is -1.48. The fraction of sp³-hybridized carbons (Fsp3) is 0.583. The lowest BCUT2D eigenvalue weighted by molar-refractivity contribution is -0.137. The highest BCUT2D eigenvalue weighted by Gasteiger charge is 2.31. The van der Waals surface area contributed by atoms with Gasteiger partial charge in [-0.3, -0.25) is 0 Å². The minimum Gasteiger partial charge on any atom is -0.370 e. The monoisotopic (exact) mass is 293 g/mol. The number of hydrogen-bond acceptors (Lipinski definition) is 4. The van der Waals surface area contributed by atoms with Gasteiger partial charge in [0, 0.05) is 13.1 Å². The molecule has 7 heteroatoms. The van der Waals surface area contributed by atoms with Crippen LogP contribution in [0.25, 0.3) is 0 Å². The van der Waals surface area contributed by atoms with Crippen LogP contribution in [0.1, 0.15) is 18.9 Å². The first-order valence-electron chi connectivity index (χ1n) is 6.03. The number of anilines is 2. The van der Waals surface area contributed by atoms with E-state index < -0.39 is 11.7 Å². The molecule has 2 N–H and O–H groups in total. The van der Waals surface area contributed by atoms with Crippen LogP contribution in [0.3, 0.4) is 0 Å². The van der Waals surface area contributed by atoms with Crippen molar-refractivity contribution in [3.05, 3.63) is 17.7 Å². The van der Waals surface area contributed by atoms with Gasteiger partial charge in [-0.15, -0.1) is 0 Å². The van der Waals surface area contributed by atoms with Gasteiger partial charge in [0.25, 0.3) is 0 Å². The number of alkyl halides is 3. The van der Waals surface area contributed by atoms with Crippen molar-refractivity contribution in [3.63, 3.8) is 0 Å². The van der Waals surface area contributed by atoms with E-state index in [1.54, 1.807) is 11.8 Å². The van der Waals surface area contributed by atoms with E-state index in [4.69, 9.17) is 0 Å². The van der Waals surface area contributed by atoms with Gasteiger partial charge in [0.05, 0.1) is 5.56 Å². The van der Waals surface area contributed by atoms with Crippen molar-refractivity contribution in [2.24, 2.45) is 0 Å². The van der Waals surface area contributed by atoms with Crippen LogP contribution in [0.2, 0.25) is 0 Å².